The van der Waals surface area contributed by atoms with Crippen molar-refractivity contribution in [2.45, 2.75) is 31.3 Å². The molecule has 3 aliphatic rings. The first-order valence-corrected chi connectivity index (χ1v) is 18.7. The molecule has 0 radical (unpaired) electrons. The average Bonchev–Trinajstić information content (AvgIpc) is 3.77. The molecule has 0 spiro atoms. The molecule has 4 aromatic carbocycles. The molecule has 14 heteroatoms. The van der Waals surface area contributed by atoms with Crippen LogP contribution in [0.4, 0.5) is 26.2 Å². The van der Waals surface area contributed by atoms with E-state index in [4.69, 9.17) is 15.2 Å². The summed E-state index contributed by atoms with van der Waals surface area (Å²) in [4.78, 5) is 67.9. The molecule has 2 heterocycles. The maximum atomic E-state index is 15.1. The third-order valence-corrected chi connectivity index (χ3v) is 10.4. The van der Waals surface area contributed by atoms with Gasteiger partial charge >= 0.3 is 12.1 Å². The SMILES string of the molecule is NC[C@H]1CN(c2ccc(N3CCN(C(=O)CCCC(=O)c4ccc(NNCC(=O)C(=O)OCC5c6ccccc6-c6ccccc65)cc4)CC3)c(F)c2)C(=O)O1. The highest BCUT2D eigenvalue weighted by molar-refractivity contribution is 6.34. The monoisotopic (exact) mass is 762 g/mol. The molecule has 0 aromatic heterocycles. The molecule has 290 valence electrons. The Morgan fingerprint density at radius 3 is 2.18 bits per heavy atom. The van der Waals surface area contributed by atoms with Crippen molar-refractivity contribution in [2.75, 3.05) is 67.6 Å². The van der Waals surface area contributed by atoms with Crippen molar-refractivity contribution in [3.63, 3.8) is 0 Å². The molecule has 2 fully saturated rings. The quantitative estimate of drug-likeness (QED) is 0.0669. The Kier molecular flexibility index (Phi) is 11.7. The van der Waals surface area contributed by atoms with Crippen LogP contribution in [0.15, 0.2) is 91.0 Å². The van der Waals surface area contributed by atoms with Crippen molar-refractivity contribution in [1.82, 2.24) is 10.3 Å². The maximum Gasteiger partial charge on any atom is 0.414 e. The van der Waals surface area contributed by atoms with Crippen molar-refractivity contribution in [3.8, 4) is 11.1 Å². The molecule has 4 N–H and O–H groups in total. The van der Waals surface area contributed by atoms with Crippen molar-refractivity contribution in [2.24, 2.45) is 5.73 Å². The second kappa shape index (κ2) is 17.1. The predicted octanol–water partition coefficient (Wildman–Crippen LogP) is 4.65. The summed E-state index contributed by atoms with van der Waals surface area (Å²) in [5.74, 6) is -2.42. The van der Waals surface area contributed by atoms with Crippen LogP contribution in [0, 0.1) is 5.82 Å². The number of anilines is 3. The van der Waals surface area contributed by atoms with E-state index in [1.54, 1.807) is 41.3 Å². The summed E-state index contributed by atoms with van der Waals surface area (Å²) in [5, 5.41) is 0. The lowest BCUT2D eigenvalue weighted by atomic mass is 9.98. The minimum absolute atomic E-state index is 0.0597. The number of benzene rings is 4. The van der Waals surface area contributed by atoms with Gasteiger partial charge < -0.3 is 30.4 Å². The van der Waals surface area contributed by atoms with Crippen LogP contribution in [0.5, 0.6) is 0 Å². The first-order chi connectivity index (χ1) is 27.2. The van der Waals surface area contributed by atoms with Gasteiger partial charge in [-0.15, -0.1) is 0 Å². The number of cyclic esters (lactones) is 1. The van der Waals surface area contributed by atoms with Gasteiger partial charge in [-0.05, 0) is 71.1 Å². The number of Topliss-reactive ketones (excluding diaryl/α,β-unsaturated/α-hetero) is 2. The topological polar surface area (TPSA) is 164 Å². The highest BCUT2D eigenvalue weighted by Crippen LogP contribution is 2.44. The van der Waals surface area contributed by atoms with E-state index in [9.17, 15) is 24.0 Å². The van der Waals surface area contributed by atoms with Crippen LogP contribution in [0.3, 0.4) is 0 Å². The lowest BCUT2D eigenvalue weighted by Crippen LogP contribution is -2.49. The summed E-state index contributed by atoms with van der Waals surface area (Å²) in [7, 11) is 0. The Labute approximate surface area is 323 Å². The van der Waals surface area contributed by atoms with E-state index in [1.807, 2.05) is 53.4 Å². The van der Waals surface area contributed by atoms with Gasteiger partial charge in [0.1, 0.15) is 18.5 Å². The number of piperazine rings is 1. The normalized spacial score (nSPS) is 16.3. The maximum absolute atomic E-state index is 15.1. The predicted molar refractivity (Wildman–Crippen MR) is 208 cm³/mol. The molecule has 0 saturated carbocycles. The van der Waals surface area contributed by atoms with Crippen LogP contribution in [0.1, 0.15) is 46.7 Å². The number of nitrogens with zero attached hydrogens (tertiary/aromatic N) is 3. The molecule has 4 aromatic rings. The Hall–Kier alpha value is -6.12. The van der Waals surface area contributed by atoms with Gasteiger partial charge in [-0.3, -0.25) is 19.3 Å². The van der Waals surface area contributed by atoms with Crippen LogP contribution in [0.2, 0.25) is 0 Å². The zero-order chi connectivity index (χ0) is 39.2. The van der Waals surface area contributed by atoms with E-state index in [-0.39, 0.29) is 56.7 Å². The number of halogens is 1. The average molecular weight is 763 g/mol. The molecule has 13 nitrogen and oxygen atoms in total. The van der Waals surface area contributed by atoms with E-state index < -0.39 is 29.8 Å². The molecule has 1 atom stereocenters. The Balaban J connectivity index is 0.790. The van der Waals surface area contributed by atoms with E-state index in [2.05, 4.69) is 10.9 Å². The smallest absolute Gasteiger partial charge is 0.414 e. The van der Waals surface area contributed by atoms with Gasteiger partial charge in [0.15, 0.2) is 5.78 Å². The highest BCUT2D eigenvalue weighted by atomic mass is 19.1. The van der Waals surface area contributed by atoms with Gasteiger partial charge in [0.05, 0.1) is 24.5 Å². The van der Waals surface area contributed by atoms with E-state index in [1.165, 1.54) is 11.0 Å². The molecule has 2 aliphatic heterocycles. The van der Waals surface area contributed by atoms with Crippen LogP contribution in [-0.4, -0.2) is 93.0 Å². The molecule has 2 saturated heterocycles. The number of rotatable bonds is 15. The van der Waals surface area contributed by atoms with E-state index in [0.29, 0.717) is 55.2 Å². The summed E-state index contributed by atoms with van der Waals surface area (Å²) in [5.41, 5.74) is 17.4. The minimum atomic E-state index is -0.921. The second-order valence-electron chi connectivity index (χ2n) is 13.9. The lowest BCUT2D eigenvalue weighted by Gasteiger charge is -2.36. The number of fused-ring (bicyclic) bond motifs is 3. The van der Waals surface area contributed by atoms with Crippen LogP contribution in [-0.2, 0) is 23.9 Å². The first kappa shape index (κ1) is 38.2. The highest BCUT2D eigenvalue weighted by Gasteiger charge is 2.33. The van der Waals surface area contributed by atoms with Crippen LogP contribution >= 0.6 is 0 Å². The number of hydrogen-bond donors (Lipinski definition) is 3. The van der Waals surface area contributed by atoms with Crippen molar-refractivity contribution in [1.29, 1.82) is 0 Å². The van der Waals surface area contributed by atoms with Gasteiger partial charge in [0.25, 0.3) is 5.78 Å². The first-order valence-electron chi connectivity index (χ1n) is 18.7. The number of carbonyl (C=O) groups excluding carboxylic acids is 5. The number of nitrogens with one attached hydrogen (secondary N) is 2. The number of nitrogens with two attached hydrogens (primary N) is 1. The summed E-state index contributed by atoms with van der Waals surface area (Å²) in [6.07, 6.45) is -0.184. The number of ether oxygens (including phenoxy) is 2. The molecule has 7 rings (SSSR count). The molecule has 0 bridgehead atoms. The Bertz CT molecular complexity index is 2080. The van der Waals surface area contributed by atoms with Crippen molar-refractivity contribution >= 4 is 46.6 Å². The fourth-order valence-corrected chi connectivity index (χ4v) is 7.39. The standard InChI is InChI=1S/C42H43FN6O7/c43-36-22-29(49-25-30(23-44)56-42(49)54)16-17-37(36)47-18-20-48(21-19-47)40(52)11-5-10-38(50)27-12-14-28(15-13-27)46-45-24-39(51)41(53)55-26-35-33-8-3-1-6-31(33)32-7-2-4-9-34(32)35/h1-4,6-9,12-17,22,30,35,45-46H,5,10-11,18-21,23-26,44H2/t30-/m0/s1. The Morgan fingerprint density at radius 2 is 1.54 bits per heavy atom. The van der Waals surface area contributed by atoms with Gasteiger partial charge in [0.2, 0.25) is 5.91 Å². The zero-order valence-corrected chi connectivity index (χ0v) is 30.7. The zero-order valence-electron chi connectivity index (χ0n) is 30.7. The number of hydrazine groups is 1. The van der Waals surface area contributed by atoms with Crippen molar-refractivity contribution < 1.29 is 37.8 Å². The summed E-state index contributed by atoms with van der Waals surface area (Å²) < 4.78 is 25.7. The largest absolute Gasteiger partial charge is 0.459 e. The van der Waals surface area contributed by atoms with E-state index >= 15 is 4.39 Å². The molecule has 2 amide bonds. The fraction of sp³-hybridized carbons (Fsp3) is 0.310. The second-order valence-corrected chi connectivity index (χ2v) is 13.9. The minimum Gasteiger partial charge on any atom is -0.459 e. The molecule has 0 unspecified atom stereocenters. The number of ketones is 2. The Morgan fingerprint density at radius 1 is 0.857 bits per heavy atom. The van der Waals surface area contributed by atoms with Crippen LogP contribution in [0.25, 0.3) is 11.1 Å². The van der Waals surface area contributed by atoms with Gasteiger partial charge in [-0.25, -0.2) is 19.4 Å². The molecular weight excluding hydrogens is 719 g/mol. The third kappa shape index (κ3) is 8.41. The molecule has 56 heavy (non-hydrogen) atoms. The van der Waals surface area contributed by atoms with Gasteiger partial charge in [-0.1, -0.05) is 48.5 Å². The van der Waals surface area contributed by atoms with E-state index in [0.717, 1.165) is 22.3 Å². The summed E-state index contributed by atoms with van der Waals surface area (Å²) in [6.45, 7) is 1.96. The van der Waals surface area contributed by atoms with Gasteiger partial charge in [0, 0.05) is 62.7 Å². The molecule has 1 aliphatic carbocycles. The number of hydrogen-bond acceptors (Lipinski definition) is 11. The molecular formula is C42H43FN6O7. The summed E-state index contributed by atoms with van der Waals surface area (Å²) in [6, 6.07) is 27.2. The van der Waals surface area contributed by atoms with Gasteiger partial charge in [-0.2, -0.15) is 0 Å². The van der Waals surface area contributed by atoms with Crippen LogP contribution < -0.4 is 26.4 Å². The fourth-order valence-electron chi connectivity index (χ4n) is 7.39. The number of esters is 1. The van der Waals surface area contributed by atoms with Crippen molar-refractivity contribution in [3.05, 3.63) is 114 Å². The lowest BCUT2D eigenvalue weighted by molar-refractivity contribution is -0.153. The number of carbonyl (C=O) groups is 5. The third-order valence-electron chi connectivity index (χ3n) is 10.4. The number of amides is 2. The summed E-state index contributed by atoms with van der Waals surface area (Å²) >= 11 is 0.